The van der Waals surface area contributed by atoms with Gasteiger partial charge in [0.2, 0.25) is 10.0 Å². The lowest BCUT2D eigenvalue weighted by molar-refractivity contribution is 0.170. The quantitative estimate of drug-likeness (QED) is 0.768. The molecule has 0 unspecified atom stereocenters. The van der Waals surface area contributed by atoms with Crippen molar-refractivity contribution in [3.63, 3.8) is 0 Å². The number of sulfonamides is 1. The van der Waals surface area contributed by atoms with Gasteiger partial charge in [0, 0.05) is 13.2 Å². The van der Waals surface area contributed by atoms with Crippen molar-refractivity contribution in [1.82, 2.24) is 4.72 Å². The van der Waals surface area contributed by atoms with Gasteiger partial charge in [-0.3, -0.25) is 0 Å². The number of aliphatic hydroxyl groups is 1. The van der Waals surface area contributed by atoms with E-state index >= 15 is 0 Å². The van der Waals surface area contributed by atoms with Crippen LogP contribution in [0.4, 0.5) is 0 Å². The Bertz CT molecular complexity index is 644. The Labute approximate surface area is 133 Å². The molecule has 1 aromatic carbocycles. The Morgan fingerprint density at radius 3 is 2.45 bits per heavy atom. The number of aryl methyl sites for hydroxylation is 1. The van der Waals surface area contributed by atoms with Crippen LogP contribution < -0.4 is 4.72 Å². The van der Waals surface area contributed by atoms with Crippen LogP contribution in [0.25, 0.3) is 0 Å². The Hall–Kier alpha value is -1.42. The smallest absolute Gasteiger partial charge is 0.240 e. The Kier molecular flexibility index (Phi) is 6.54. The molecule has 0 fully saturated rings. The molecular formula is C16H24N2O3S. The van der Waals surface area contributed by atoms with Gasteiger partial charge in [0.1, 0.15) is 0 Å². The van der Waals surface area contributed by atoms with Gasteiger partial charge in [-0.25, -0.2) is 13.1 Å². The van der Waals surface area contributed by atoms with Crippen LogP contribution in [-0.4, -0.2) is 26.7 Å². The number of nitriles is 1. The third-order valence-electron chi connectivity index (χ3n) is 4.39. The first-order valence-electron chi connectivity index (χ1n) is 7.45. The summed E-state index contributed by atoms with van der Waals surface area (Å²) in [6.07, 6.45) is 2.12. The number of benzene rings is 1. The largest absolute Gasteiger partial charge is 0.396 e. The summed E-state index contributed by atoms with van der Waals surface area (Å²) in [7, 11) is -3.68. The average Bonchev–Trinajstić information content (AvgIpc) is 2.52. The molecule has 0 atom stereocenters. The molecule has 0 radical (unpaired) electrons. The van der Waals surface area contributed by atoms with E-state index < -0.39 is 10.0 Å². The monoisotopic (exact) mass is 324 g/mol. The van der Waals surface area contributed by atoms with Gasteiger partial charge < -0.3 is 5.11 Å². The molecule has 122 valence electrons. The molecule has 0 aromatic heterocycles. The van der Waals surface area contributed by atoms with Gasteiger partial charge in [-0.15, -0.1) is 0 Å². The summed E-state index contributed by atoms with van der Waals surface area (Å²) < 4.78 is 27.7. The second-order valence-corrected chi connectivity index (χ2v) is 7.33. The molecule has 2 N–H and O–H groups in total. The van der Waals surface area contributed by atoms with E-state index in [1.807, 2.05) is 19.9 Å². The number of hydrogen-bond donors (Lipinski definition) is 2. The van der Waals surface area contributed by atoms with Gasteiger partial charge in [0.25, 0.3) is 0 Å². The Morgan fingerprint density at radius 2 is 1.95 bits per heavy atom. The minimum atomic E-state index is -3.68. The van der Waals surface area contributed by atoms with Crippen molar-refractivity contribution in [2.24, 2.45) is 5.41 Å². The number of nitrogens with one attached hydrogen (secondary N) is 1. The normalized spacial score (nSPS) is 12.1. The summed E-state index contributed by atoms with van der Waals surface area (Å²) >= 11 is 0. The first-order chi connectivity index (χ1) is 10.3. The van der Waals surface area contributed by atoms with Crippen LogP contribution in [0.2, 0.25) is 0 Å². The van der Waals surface area contributed by atoms with E-state index in [1.165, 1.54) is 6.07 Å². The van der Waals surface area contributed by atoms with Crippen molar-refractivity contribution in [3.05, 3.63) is 29.3 Å². The van der Waals surface area contributed by atoms with Crippen LogP contribution in [0.15, 0.2) is 23.1 Å². The molecule has 22 heavy (non-hydrogen) atoms. The average molecular weight is 324 g/mol. The standard InChI is InChI=1S/C16H24N2O3S/c1-4-16(5-2,8-9-19)12-18-22(20,21)15-10-14(11-17)7-6-13(15)3/h6-7,10,18-19H,4-5,8-9,12H2,1-3H3. The second kappa shape index (κ2) is 7.73. The fourth-order valence-corrected chi connectivity index (χ4v) is 3.89. The Balaban J connectivity index is 3.04. The van der Waals surface area contributed by atoms with Gasteiger partial charge in [0.15, 0.2) is 0 Å². The van der Waals surface area contributed by atoms with Crippen molar-refractivity contribution in [2.75, 3.05) is 13.2 Å². The number of nitrogens with zero attached hydrogens (tertiary/aromatic N) is 1. The number of aliphatic hydroxyl groups excluding tert-OH is 1. The van der Waals surface area contributed by atoms with E-state index in [1.54, 1.807) is 19.1 Å². The highest BCUT2D eigenvalue weighted by atomic mass is 32.2. The van der Waals surface area contributed by atoms with Crippen LogP contribution in [-0.2, 0) is 10.0 Å². The lowest BCUT2D eigenvalue weighted by atomic mass is 9.80. The lowest BCUT2D eigenvalue weighted by Gasteiger charge is -2.31. The third-order valence-corrected chi connectivity index (χ3v) is 5.93. The summed E-state index contributed by atoms with van der Waals surface area (Å²) in [4.78, 5) is 0.136. The first-order valence-corrected chi connectivity index (χ1v) is 8.93. The van der Waals surface area contributed by atoms with E-state index in [4.69, 9.17) is 5.26 Å². The number of hydrogen-bond acceptors (Lipinski definition) is 4. The Morgan fingerprint density at radius 1 is 1.32 bits per heavy atom. The van der Waals surface area contributed by atoms with Crippen LogP contribution in [0, 0.1) is 23.7 Å². The fourth-order valence-electron chi connectivity index (χ4n) is 2.46. The number of rotatable bonds is 8. The van der Waals surface area contributed by atoms with Gasteiger partial charge in [0.05, 0.1) is 16.5 Å². The van der Waals surface area contributed by atoms with Gasteiger partial charge in [-0.2, -0.15) is 5.26 Å². The molecule has 5 nitrogen and oxygen atoms in total. The van der Waals surface area contributed by atoms with E-state index in [2.05, 4.69) is 4.72 Å². The summed E-state index contributed by atoms with van der Waals surface area (Å²) in [6, 6.07) is 6.58. The SMILES string of the molecule is CCC(CC)(CCO)CNS(=O)(=O)c1cc(C#N)ccc1C. The zero-order chi connectivity index (χ0) is 16.8. The summed E-state index contributed by atoms with van der Waals surface area (Å²) in [5, 5.41) is 18.1. The molecule has 0 saturated heterocycles. The summed E-state index contributed by atoms with van der Waals surface area (Å²) in [5.41, 5.74) is 0.675. The molecular weight excluding hydrogens is 300 g/mol. The van der Waals surface area contributed by atoms with Crippen LogP contribution in [0.1, 0.15) is 44.2 Å². The van der Waals surface area contributed by atoms with Crippen molar-refractivity contribution < 1.29 is 13.5 Å². The zero-order valence-corrected chi connectivity index (χ0v) is 14.2. The van der Waals surface area contributed by atoms with Crippen molar-refractivity contribution in [3.8, 4) is 6.07 Å². The fraction of sp³-hybridized carbons (Fsp3) is 0.562. The molecule has 0 heterocycles. The molecule has 0 spiro atoms. The van der Waals surface area contributed by atoms with E-state index in [0.717, 1.165) is 12.8 Å². The molecule has 6 heteroatoms. The maximum Gasteiger partial charge on any atom is 0.240 e. The maximum atomic E-state index is 12.5. The van der Waals surface area contributed by atoms with Crippen LogP contribution in [0.5, 0.6) is 0 Å². The molecule has 0 saturated carbocycles. The molecule has 1 aromatic rings. The molecule has 1 rings (SSSR count). The summed E-state index contributed by atoms with van der Waals surface area (Å²) in [6.45, 7) is 6.01. The molecule has 0 aliphatic carbocycles. The predicted octanol–water partition coefficient (Wildman–Crippen LogP) is 2.33. The first kappa shape index (κ1) is 18.6. The second-order valence-electron chi connectivity index (χ2n) is 5.60. The summed E-state index contributed by atoms with van der Waals surface area (Å²) in [5.74, 6) is 0. The van der Waals surface area contributed by atoms with E-state index in [0.29, 0.717) is 17.5 Å². The highest BCUT2D eigenvalue weighted by Gasteiger charge is 2.28. The van der Waals surface area contributed by atoms with Crippen LogP contribution >= 0.6 is 0 Å². The van der Waals surface area contributed by atoms with Gasteiger partial charge in [-0.05, 0) is 49.3 Å². The van der Waals surface area contributed by atoms with Crippen LogP contribution in [0.3, 0.4) is 0 Å². The van der Waals surface area contributed by atoms with Gasteiger partial charge in [-0.1, -0.05) is 19.9 Å². The maximum absolute atomic E-state index is 12.5. The van der Waals surface area contributed by atoms with Gasteiger partial charge >= 0.3 is 0 Å². The van der Waals surface area contributed by atoms with E-state index in [9.17, 15) is 13.5 Å². The minimum Gasteiger partial charge on any atom is -0.396 e. The molecule has 0 bridgehead atoms. The highest BCUT2D eigenvalue weighted by Crippen LogP contribution is 2.30. The minimum absolute atomic E-state index is 0.0341. The molecule has 0 aliphatic rings. The molecule has 0 aliphatic heterocycles. The van der Waals surface area contributed by atoms with Crippen molar-refractivity contribution in [1.29, 1.82) is 5.26 Å². The zero-order valence-electron chi connectivity index (χ0n) is 13.4. The predicted molar refractivity (Wildman–Crippen MR) is 85.8 cm³/mol. The third kappa shape index (κ3) is 4.29. The topological polar surface area (TPSA) is 90.2 Å². The van der Waals surface area contributed by atoms with Crippen molar-refractivity contribution >= 4 is 10.0 Å². The molecule has 0 amide bonds. The highest BCUT2D eigenvalue weighted by molar-refractivity contribution is 7.89. The van der Waals surface area contributed by atoms with Crippen molar-refractivity contribution in [2.45, 2.75) is 44.9 Å². The lowest BCUT2D eigenvalue weighted by Crippen LogP contribution is -2.37. The van der Waals surface area contributed by atoms with E-state index in [-0.39, 0.29) is 23.5 Å².